The molecule has 2 aromatic heterocycles. The van der Waals surface area contributed by atoms with Crippen molar-refractivity contribution in [2.75, 3.05) is 19.8 Å². The highest BCUT2D eigenvalue weighted by atomic mass is 127. The molecule has 2 aromatic rings. The fraction of sp³-hybridized carbons (Fsp3) is 0.647. The van der Waals surface area contributed by atoms with Gasteiger partial charge >= 0.3 is 0 Å². The lowest BCUT2D eigenvalue weighted by Gasteiger charge is -2.24. The normalized spacial score (nSPS) is 16.6. The number of nitrogens with zero attached hydrogens (tertiary/aromatic N) is 3. The highest BCUT2D eigenvalue weighted by Crippen LogP contribution is 2.24. The van der Waals surface area contributed by atoms with Gasteiger partial charge in [0.2, 0.25) is 0 Å². The summed E-state index contributed by atoms with van der Waals surface area (Å²) in [4.78, 5) is 12.9. The van der Waals surface area contributed by atoms with Gasteiger partial charge in [-0.3, -0.25) is 4.79 Å². The van der Waals surface area contributed by atoms with Crippen molar-refractivity contribution in [3.05, 3.63) is 26.3 Å². The van der Waals surface area contributed by atoms with Gasteiger partial charge < -0.3 is 14.0 Å². The Kier molecular flexibility index (Phi) is 6.02. The van der Waals surface area contributed by atoms with E-state index in [1.54, 1.807) is 10.9 Å². The Morgan fingerprint density at radius 3 is 2.76 bits per heavy atom. The number of aromatic nitrogens is 3. The van der Waals surface area contributed by atoms with Crippen LogP contribution in [0.3, 0.4) is 0 Å². The Morgan fingerprint density at radius 1 is 1.36 bits per heavy atom. The van der Waals surface area contributed by atoms with Crippen molar-refractivity contribution in [3.8, 4) is 0 Å². The van der Waals surface area contributed by atoms with Crippen molar-refractivity contribution in [2.24, 2.45) is 0 Å². The van der Waals surface area contributed by atoms with E-state index in [1.165, 1.54) is 0 Å². The van der Waals surface area contributed by atoms with Crippen molar-refractivity contribution in [1.82, 2.24) is 14.3 Å². The minimum absolute atomic E-state index is 0.0377. The smallest absolute Gasteiger partial charge is 0.261 e. The number of hydrogen-bond acceptors (Lipinski definition) is 4. The van der Waals surface area contributed by atoms with E-state index in [0.29, 0.717) is 12.1 Å². The Labute approximate surface area is 162 Å². The van der Waals surface area contributed by atoms with Gasteiger partial charge in [0.25, 0.3) is 5.56 Å². The SMILES string of the molecule is C[Si](C)(C)CCOCn1ncc2c(=O)n(C3CCOCC3)cc(I)c21. The van der Waals surface area contributed by atoms with Crippen molar-refractivity contribution in [1.29, 1.82) is 0 Å². The molecule has 8 heteroatoms. The van der Waals surface area contributed by atoms with Gasteiger partial charge in [0.1, 0.15) is 6.73 Å². The van der Waals surface area contributed by atoms with Crippen molar-refractivity contribution in [2.45, 2.75) is 51.3 Å². The maximum absolute atomic E-state index is 12.9. The first kappa shape index (κ1) is 19.1. The molecule has 1 aliphatic heterocycles. The molecule has 3 rings (SSSR count). The average Bonchev–Trinajstić information content (AvgIpc) is 3.00. The maximum Gasteiger partial charge on any atom is 0.261 e. The van der Waals surface area contributed by atoms with Crippen LogP contribution in [0.25, 0.3) is 10.9 Å². The highest BCUT2D eigenvalue weighted by Gasteiger charge is 2.20. The second kappa shape index (κ2) is 7.89. The molecule has 0 amide bonds. The number of halogens is 1. The zero-order valence-corrected chi connectivity index (χ0v) is 18.3. The number of rotatable bonds is 6. The van der Waals surface area contributed by atoms with Gasteiger partial charge in [0.05, 0.1) is 20.7 Å². The molecule has 1 aliphatic rings. The summed E-state index contributed by atoms with van der Waals surface area (Å²) >= 11 is 2.29. The summed E-state index contributed by atoms with van der Waals surface area (Å²) in [5.74, 6) is 0. The quantitative estimate of drug-likeness (QED) is 0.365. The highest BCUT2D eigenvalue weighted by molar-refractivity contribution is 14.1. The van der Waals surface area contributed by atoms with Crippen LogP contribution in [0, 0.1) is 3.57 Å². The summed E-state index contributed by atoms with van der Waals surface area (Å²) in [6, 6.07) is 1.34. The van der Waals surface area contributed by atoms with Gasteiger partial charge in [-0.25, -0.2) is 4.68 Å². The maximum atomic E-state index is 12.9. The summed E-state index contributed by atoms with van der Waals surface area (Å²) in [6.45, 7) is 9.58. The van der Waals surface area contributed by atoms with Gasteiger partial charge in [0.15, 0.2) is 0 Å². The number of fused-ring (bicyclic) bond motifs is 1. The molecular formula is C17H26IN3O3Si. The number of hydrogen-bond donors (Lipinski definition) is 0. The van der Waals surface area contributed by atoms with E-state index in [4.69, 9.17) is 9.47 Å². The van der Waals surface area contributed by atoms with Gasteiger partial charge in [-0.15, -0.1) is 0 Å². The van der Waals surface area contributed by atoms with Crippen molar-refractivity contribution < 1.29 is 9.47 Å². The largest absolute Gasteiger partial charge is 0.381 e. The Hall–Kier alpha value is -0.713. The Balaban J connectivity index is 1.81. The molecule has 0 spiro atoms. The number of pyridine rings is 1. The van der Waals surface area contributed by atoms with E-state index in [-0.39, 0.29) is 11.6 Å². The summed E-state index contributed by atoms with van der Waals surface area (Å²) in [7, 11) is -1.10. The van der Waals surface area contributed by atoms with E-state index in [1.807, 2.05) is 10.8 Å². The molecular weight excluding hydrogens is 449 g/mol. The van der Waals surface area contributed by atoms with E-state index < -0.39 is 8.07 Å². The standard InChI is InChI=1S/C17H26IN3O3Si/c1-25(2,3)9-8-24-12-21-16-14(10-19-21)17(22)20(11-15(16)18)13-4-6-23-7-5-13/h10-11,13H,4-9,12H2,1-3H3. The van der Waals surface area contributed by atoms with E-state index in [0.717, 1.165) is 47.8 Å². The van der Waals surface area contributed by atoms with Crippen LogP contribution in [-0.4, -0.2) is 42.2 Å². The van der Waals surface area contributed by atoms with Gasteiger partial charge in [-0.1, -0.05) is 19.6 Å². The minimum atomic E-state index is -1.10. The first-order valence-corrected chi connectivity index (χ1v) is 13.6. The lowest BCUT2D eigenvalue weighted by Crippen LogP contribution is -2.29. The fourth-order valence-corrected chi connectivity index (χ4v) is 4.66. The zero-order valence-electron chi connectivity index (χ0n) is 15.1. The van der Waals surface area contributed by atoms with Gasteiger partial charge in [-0.05, 0) is 41.5 Å². The molecule has 0 aromatic carbocycles. The third-order valence-electron chi connectivity index (χ3n) is 4.58. The topological polar surface area (TPSA) is 58.3 Å². The van der Waals surface area contributed by atoms with Crippen molar-refractivity contribution >= 4 is 41.6 Å². The molecule has 0 radical (unpaired) electrons. The third kappa shape index (κ3) is 4.53. The minimum Gasteiger partial charge on any atom is -0.381 e. The van der Waals surface area contributed by atoms with E-state index in [9.17, 15) is 4.79 Å². The van der Waals surface area contributed by atoms with Crippen LogP contribution in [0.4, 0.5) is 0 Å². The van der Waals surface area contributed by atoms with Crippen LogP contribution in [-0.2, 0) is 16.2 Å². The second-order valence-corrected chi connectivity index (χ2v) is 14.6. The molecule has 1 fully saturated rings. The first-order chi connectivity index (χ1) is 11.9. The van der Waals surface area contributed by atoms with E-state index in [2.05, 4.69) is 47.3 Å². The molecule has 3 heterocycles. The molecule has 0 bridgehead atoms. The summed E-state index contributed by atoms with van der Waals surface area (Å²) < 4.78 is 15.9. The molecule has 138 valence electrons. The van der Waals surface area contributed by atoms with Crippen LogP contribution in [0.1, 0.15) is 18.9 Å². The molecule has 6 nitrogen and oxygen atoms in total. The second-order valence-electron chi connectivity index (χ2n) is 7.79. The van der Waals surface area contributed by atoms with Crippen molar-refractivity contribution in [3.63, 3.8) is 0 Å². The molecule has 0 atom stereocenters. The van der Waals surface area contributed by atoms with Crippen LogP contribution >= 0.6 is 22.6 Å². The van der Waals surface area contributed by atoms with Crippen LogP contribution < -0.4 is 5.56 Å². The lowest BCUT2D eigenvalue weighted by atomic mass is 10.1. The molecule has 0 aliphatic carbocycles. The van der Waals surface area contributed by atoms with Gasteiger partial charge in [-0.2, -0.15) is 5.10 Å². The van der Waals surface area contributed by atoms with Crippen LogP contribution in [0.15, 0.2) is 17.2 Å². The summed E-state index contributed by atoms with van der Waals surface area (Å²) in [6.07, 6.45) is 5.41. The van der Waals surface area contributed by atoms with Crippen LogP contribution in [0.2, 0.25) is 25.7 Å². The monoisotopic (exact) mass is 475 g/mol. The predicted molar refractivity (Wildman–Crippen MR) is 110 cm³/mol. The Bertz CT molecular complexity index is 791. The summed E-state index contributed by atoms with van der Waals surface area (Å²) in [5.41, 5.74) is 0.914. The molecule has 1 saturated heterocycles. The fourth-order valence-electron chi connectivity index (χ4n) is 3.04. The first-order valence-electron chi connectivity index (χ1n) is 8.78. The predicted octanol–water partition coefficient (Wildman–Crippen LogP) is 3.47. The molecule has 25 heavy (non-hydrogen) atoms. The lowest BCUT2D eigenvalue weighted by molar-refractivity contribution is 0.0687. The van der Waals surface area contributed by atoms with E-state index >= 15 is 0 Å². The molecule has 0 N–H and O–H groups in total. The molecule has 0 unspecified atom stereocenters. The third-order valence-corrected chi connectivity index (χ3v) is 7.07. The zero-order chi connectivity index (χ0) is 18.0. The van der Waals surface area contributed by atoms with Crippen LogP contribution in [0.5, 0.6) is 0 Å². The molecule has 0 saturated carbocycles. The Morgan fingerprint density at radius 2 is 2.08 bits per heavy atom. The number of ether oxygens (including phenoxy) is 2. The average molecular weight is 475 g/mol. The van der Waals surface area contributed by atoms with Gasteiger partial charge in [0, 0.05) is 40.1 Å². The summed E-state index contributed by atoms with van der Waals surface area (Å²) in [5, 5.41) is 5.07.